The topological polar surface area (TPSA) is 105 Å². The van der Waals surface area contributed by atoms with Gasteiger partial charge in [0.1, 0.15) is 11.1 Å². The largest absolute Gasteiger partial charge is 0.437 e. The molecule has 8 heteroatoms. The van der Waals surface area contributed by atoms with E-state index in [0.29, 0.717) is 29.0 Å². The van der Waals surface area contributed by atoms with Crippen LogP contribution in [0.5, 0.6) is 0 Å². The molecule has 2 heterocycles. The molecule has 0 saturated carbocycles. The summed E-state index contributed by atoms with van der Waals surface area (Å²) in [6.45, 7) is 1.65. The summed E-state index contributed by atoms with van der Waals surface area (Å²) in [5.74, 6) is -0.906. The number of carbonyl (C=O) groups is 3. The van der Waals surface area contributed by atoms with E-state index in [2.05, 4.69) is 15.7 Å². The molecule has 1 saturated heterocycles. The Morgan fingerprint density at radius 1 is 1.17 bits per heavy atom. The Morgan fingerprint density at radius 3 is 2.67 bits per heavy atom. The lowest BCUT2D eigenvalue weighted by Crippen LogP contribution is -2.48. The molecule has 1 atom stereocenters. The van der Waals surface area contributed by atoms with Crippen LogP contribution in [-0.4, -0.2) is 33.4 Å². The van der Waals surface area contributed by atoms with Crippen LogP contribution in [0.2, 0.25) is 0 Å². The third-order valence-electron chi connectivity index (χ3n) is 4.93. The van der Waals surface area contributed by atoms with Gasteiger partial charge < -0.3 is 9.73 Å². The minimum Gasteiger partial charge on any atom is -0.437 e. The SMILES string of the molecule is CC1(CCc2ccccc2)NC(=O)N(NC(=O)/C=C/c2nc3ccccc3o2)C1=O. The van der Waals surface area contributed by atoms with Crippen molar-refractivity contribution in [3.8, 4) is 0 Å². The molecule has 152 valence electrons. The first-order valence-corrected chi connectivity index (χ1v) is 9.49. The van der Waals surface area contributed by atoms with Gasteiger partial charge in [0.05, 0.1) is 0 Å². The summed E-state index contributed by atoms with van der Waals surface area (Å²) in [4.78, 5) is 41.5. The maximum absolute atomic E-state index is 12.8. The van der Waals surface area contributed by atoms with Crippen LogP contribution in [0.1, 0.15) is 24.8 Å². The maximum atomic E-state index is 12.8. The molecule has 0 radical (unpaired) electrons. The number of aryl methyl sites for hydroxylation is 1. The van der Waals surface area contributed by atoms with Crippen molar-refractivity contribution in [2.45, 2.75) is 25.3 Å². The summed E-state index contributed by atoms with van der Waals surface area (Å²) < 4.78 is 5.50. The molecule has 1 unspecified atom stereocenters. The first-order chi connectivity index (χ1) is 14.4. The molecule has 4 amide bonds. The van der Waals surface area contributed by atoms with Crippen molar-refractivity contribution >= 4 is 35.0 Å². The lowest BCUT2D eigenvalue weighted by molar-refractivity contribution is -0.137. The molecule has 2 N–H and O–H groups in total. The molecule has 30 heavy (non-hydrogen) atoms. The van der Waals surface area contributed by atoms with E-state index in [1.54, 1.807) is 19.1 Å². The number of nitrogens with zero attached hydrogens (tertiary/aromatic N) is 2. The van der Waals surface area contributed by atoms with E-state index in [-0.39, 0.29) is 5.89 Å². The van der Waals surface area contributed by atoms with Gasteiger partial charge >= 0.3 is 6.03 Å². The van der Waals surface area contributed by atoms with Gasteiger partial charge in [0.15, 0.2) is 5.58 Å². The molecule has 4 rings (SSSR count). The van der Waals surface area contributed by atoms with Crippen molar-refractivity contribution in [1.82, 2.24) is 20.7 Å². The van der Waals surface area contributed by atoms with E-state index in [1.807, 2.05) is 42.5 Å². The molecule has 1 aromatic heterocycles. The predicted molar refractivity (Wildman–Crippen MR) is 110 cm³/mol. The molecule has 2 aromatic carbocycles. The Hall–Kier alpha value is -3.94. The molecule has 1 aliphatic heterocycles. The summed E-state index contributed by atoms with van der Waals surface area (Å²) in [6.07, 6.45) is 3.56. The number of hydrogen-bond donors (Lipinski definition) is 2. The number of nitrogens with one attached hydrogen (secondary N) is 2. The van der Waals surface area contributed by atoms with Gasteiger partial charge in [-0.05, 0) is 37.5 Å². The molecule has 3 aromatic rings. The number of rotatable bonds is 6. The molecular weight excluding hydrogens is 384 g/mol. The number of para-hydroxylation sites is 2. The first kappa shape index (κ1) is 19.4. The summed E-state index contributed by atoms with van der Waals surface area (Å²) >= 11 is 0. The highest BCUT2D eigenvalue weighted by Crippen LogP contribution is 2.22. The minimum absolute atomic E-state index is 0.247. The summed E-state index contributed by atoms with van der Waals surface area (Å²) in [7, 11) is 0. The lowest BCUT2D eigenvalue weighted by atomic mass is 9.93. The fourth-order valence-electron chi connectivity index (χ4n) is 3.25. The molecule has 0 bridgehead atoms. The summed E-state index contributed by atoms with van der Waals surface area (Å²) in [5.41, 5.74) is 3.54. The number of fused-ring (bicyclic) bond motifs is 1. The molecule has 0 spiro atoms. The van der Waals surface area contributed by atoms with E-state index in [0.717, 1.165) is 11.6 Å². The number of aromatic nitrogens is 1. The van der Waals surface area contributed by atoms with Crippen LogP contribution in [0.15, 0.2) is 65.1 Å². The number of hydrogen-bond acceptors (Lipinski definition) is 5. The highest BCUT2D eigenvalue weighted by atomic mass is 16.3. The number of carbonyl (C=O) groups excluding carboxylic acids is 3. The van der Waals surface area contributed by atoms with Crippen molar-refractivity contribution < 1.29 is 18.8 Å². The van der Waals surface area contributed by atoms with E-state index < -0.39 is 23.4 Å². The van der Waals surface area contributed by atoms with Crippen molar-refractivity contribution in [3.05, 3.63) is 72.1 Å². The monoisotopic (exact) mass is 404 g/mol. The Balaban J connectivity index is 1.39. The molecule has 8 nitrogen and oxygen atoms in total. The zero-order valence-electron chi connectivity index (χ0n) is 16.3. The zero-order valence-corrected chi connectivity index (χ0v) is 16.3. The predicted octanol–water partition coefficient (Wildman–Crippen LogP) is 2.82. The van der Waals surface area contributed by atoms with Gasteiger partial charge in [-0.2, -0.15) is 5.01 Å². The van der Waals surface area contributed by atoms with Gasteiger partial charge in [-0.25, -0.2) is 9.78 Å². The second kappa shape index (κ2) is 7.82. The highest BCUT2D eigenvalue weighted by molar-refractivity contribution is 6.08. The van der Waals surface area contributed by atoms with Gasteiger partial charge in [0.2, 0.25) is 5.89 Å². The summed E-state index contributed by atoms with van der Waals surface area (Å²) in [5, 5.41) is 3.38. The average Bonchev–Trinajstić information content (AvgIpc) is 3.26. The molecule has 0 aliphatic carbocycles. The maximum Gasteiger partial charge on any atom is 0.344 e. The van der Waals surface area contributed by atoms with Crippen LogP contribution < -0.4 is 10.7 Å². The van der Waals surface area contributed by atoms with Crippen molar-refractivity contribution in [3.63, 3.8) is 0 Å². The Kier molecular flexibility index (Phi) is 5.05. The number of oxazole rings is 1. The number of urea groups is 1. The number of benzene rings is 2. The van der Waals surface area contributed by atoms with Crippen molar-refractivity contribution in [2.75, 3.05) is 0 Å². The number of imide groups is 1. The van der Waals surface area contributed by atoms with Crippen LogP contribution in [0.4, 0.5) is 4.79 Å². The van der Waals surface area contributed by atoms with Gasteiger partial charge in [0, 0.05) is 12.2 Å². The standard InChI is InChI=1S/C22H20N4O4/c1-22(14-13-15-7-3-2-4-8-15)20(28)26(21(29)24-22)25-18(27)11-12-19-23-16-9-5-6-10-17(16)30-19/h2-12H,13-14H2,1H3,(H,24,29)(H,25,27)/b12-11+. The third-order valence-corrected chi connectivity index (χ3v) is 4.93. The van der Waals surface area contributed by atoms with Gasteiger partial charge in [-0.3, -0.25) is 15.0 Å². The third kappa shape index (κ3) is 3.93. The van der Waals surface area contributed by atoms with Gasteiger partial charge in [-0.15, -0.1) is 0 Å². The smallest absolute Gasteiger partial charge is 0.344 e. The van der Waals surface area contributed by atoms with Crippen molar-refractivity contribution in [2.24, 2.45) is 0 Å². The minimum atomic E-state index is -1.09. The fourth-order valence-corrected chi connectivity index (χ4v) is 3.25. The highest BCUT2D eigenvalue weighted by Gasteiger charge is 2.48. The Bertz CT molecular complexity index is 1110. The average molecular weight is 404 g/mol. The number of hydrazine groups is 1. The van der Waals surface area contributed by atoms with E-state index in [9.17, 15) is 14.4 Å². The zero-order chi connectivity index (χ0) is 21.1. The van der Waals surface area contributed by atoms with Crippen LogP contribution in [0, 0.1) is 0 Å². The van der Waals surface area contributed by atoms with Crippen LogP contribution >= 0.6 is 0 Å². The van der Waals surface area contributed by atoms with E-state index >= 15 is 0 Å². The van der Waals surface area contributed by atoms with E-state index in [4.69, 9.17) is 4.42 Å². The van der Waals surface area contributed by atoms with Gasteiger partial charge in [-0.1, -0.05) is 42.5 Å². The van der Waals surface area contributed by atoms with Crippen LogP contribution in [0.3, 0.4) is 0 Å². The molecular formula is C22H20N4O4. The lowest BCUT2D eigenvalue weighted by Gasteiger charge is -2.21. The van der Waals surface area contributed by atoms with Crippen LogP contribution in [-0.2, 0) is 16.0 Å². The first-order valence-electron chi connectivity index (χ1n) is 9.49. The van der Waals surface area contributed by atoms with Crippen LogP contribution in [0.25, 0.3) is 17.2 Å². The normalized spacial score (nSPS) is 18.9. The Labute approximate surface area is 172 Å². The Morgan fingerprint density at radius 2 is 1.90 bits per heavy atom. The van der Waals surface area contributed by atoms with Gasteiger partial charge in [0.25, 0.3) is 11.8 Å². The second-order valence-electron chi connectivity index (χ2n) is 7.22. The quantitative estimate of drug-likeness (QED) is 0.486. The summed E-state index contributed by atoms with van der Waals surface area (Å²) in [6, 6.07) is 16.2. The molecule has 1 aliphatic rings. The number of amides is 4. The van der Waals surface area contributed by atoms with E-state index in [1.165, 1.54) is 6.08 Å². The second-order valence-corrected chi connectivity index (χ2v) is 7.22. The fraction of sp³-hybridized carbons (Fsp3) is 0.182. The molecule has 1 fully saturated rings. The van der Waals surface area contributed by atoms with Crippen molar-refractivity contribution in [1.29, 1.82) is 0 Å².